The van der Waals surface area contributed by atoms with Crippen LogP contribution in [0.15, 0.2) is 0 Å². The molecule has 0 aromatic heterocycles. The minimum atomic E-state index is -0.621. The number of aliphatic hydroxyl groups is 2. The lowest BCUT2D eigenvalue weighted by Crippen LogP contribution is -2.24. The standard InChI is InChI=1S/C6H12O4/c1-5(9)4-10-6(2-7)3-8/h6-8H,2-4H2,1H3. The van der Waals surface area contributed by atoms with Gasteiger partial charge in [0.15, 0.2) is 5.78 Å². The minimum Gasteiger partial charge on any atom is -0.394 e. The molecule has 0 atom stereocenters. The lowest BCUT2D eigenvalue weighted by molar-refractivity contribution is -0.125. The summed E-state index contributed by atoms with van der Waals surface area (Å²) in [5, 5.41) is 16.9. The molecule has 4 heteroatoms. The zero-order valence-corrected chi connectivity index (χ0v) is 5.91. The molecule has 0 aliphatic rings. The summed E-state index contributed by atoms with van der Waals surface area (Å²) in [6, 6.07) is 0. The summed E-state index contributed by atoms with van der Waals surface area (Å²) >= 11 is 0. The fourth-order valence-electron chi connectivity index (χ4n) is 0.398. The molecule has 0 radical (unpaired) electrons. The van der Waals surface area contributed by atoms with Crippen LogP contribution in [0.3, 0.4) is 0 Å². The Morgan fingerprint density at radius 3 is 2.30 bits per heavy atom. The predicted molar refractivity (Wildman–Crippen MR) is 34.6 cm³/mol. The molecule has 0 aliphatic carbocycles. The summed E-state index contributed by atoms with van der Waals surface area (Å²) in [6.07, 6.45) is -0.621. The van der Waals surface area contributed by atoms with Crippen molar-refractivity contribution in [2.24, 2.45) is 0 Å². The van der Waals surface area contributed by atoms with Crippen molar-refractivity contribution in [3.05, 3.63) is 0 Å². The molecular formula is C6H12O4. The topological polar surface area (TPSA) is 66.8 Å². The number of aliphatic hydroxyl groups excluding tert-OH is 2. The largest absolute Gasteiger partial charge is 0.394 e. The molecule has 0 saturated carbocycles. The molecule has 60 valence electrons. The van der Waals surface area contributed by atoms with Gasteiger partial charge in [0.25, 0.3) is 0 Å². The summed E-state index contributed by atoms with van der Waals surface area (Å²) in [5.41, 5.74) is 0. The number of ketones is 1. The molecule has 10 heavy (non-hydrogen) atoms. The minimum absolute atomic E-state index is 0.0498. The lowest BCUT2D eigenvalue weighted by Gasteiger charge is -2.09. The third-order valence-electron chi connectivity index (χ3n) is 0.930. The van der Waals surface area contributed by atoms with Crippen molar-refractivity contribution in [3.8, 4) is 0 Å². The highest BCUT2D eigenvalue weighted by atomic mass is 16.5. The summed E-state index contributed by atoms with van der Waals surface area (Å²) in [6.45, 7) is 0.811. The molecule has 0 aromatic carbocycles. The van der Waals surface area contributed by atoms with Crippen molar-refractivity contribution in [2.75, 3.05) is 19.8 Å². The van der Waals surface area contributed by atoms with Crippen molar-refractivity contribution < 1.29 is 19.7 Å². The van der Waals surface area contributed by atoms with Crippen molar-refractivity contribution in [1.82, 2.24) is 0 Å². The molecule has 0 heterocycles. The number of carbonyl (C=O) groups is 1. The molecule has 2 N–H and O–H groups in total. The normalized spacial score (nSPS) is 10.4. The van der Waals surface area contributed by atoms with Gasteiger partial charge in [0.2, 0.25) is 0 Å². The van der Waals surface area contributed by atoms with Gasteiger partial charge in [-0.3, -0.25) is 4.79 Å². The Hall–Kier alpha value is -0.450. The fourth-order valence-corrected chi connectivity index (χ4v) is 0.398. The van der Waals surface area contributed by atoms with Crippen molar-refractivity contribution in [2.45, 2.75) is 13.0 Å². The number of ether oxygens (including phenoxy) is 1. The van der Waals surface area contributed by atoms with Crippen LogP contribution in [0.4, 0.5) is 0 Å². The van der Waals surface area contributed by atoms with E-state index in [2.05, 4.69) is 0 Å². The molecule has 0 aliphatic heterocycles. The van der Waals surface area contributed by atoms with Gasteiger partial charge in [0.1, 0.15) is 12.7 Å². The molecule has 0 spiro atoms. The SMILES string of the molecule is CC(=O)COC(CO)CO. The van der Waals surface area contributed by atoms with E-state index in [1.807, 2.05) is 0 Å². The Morgan fingerprint density at radius 1 is 1.50 bits per heavy atom. The van der Waals surface area contributed by atoms with E-state index in [9.17, 15) is 4.79 Å². The average molecular weight is 148 g/mol. The molecule has 0 amide bonds. The first-order chi connectivity index (χ1) is 4.70. The molecule has 0 saturated heterocycles. The number of hydrogen-bond acceptors (Lipinski definition) is 4. The van der Waals surface area contributed by atoms with Gasteiger partial charge in [-0.15, -0.1) is 0 Å². The molecule has 4 nitrogen and oxygen atoms in total. The molecule has 0 aromatic rings. The summed E-state index contributed by atoms with van der Waals surface area (Å²) in [4.78, 5) is 10.3. The number of Topliss-reactive ketones (excluding diaryl/α,β-unsaturated/α-hetero) is 1. The van der Waals surface area contributed by atoms with E-state index in [0.29, 0.717) is 0 Å². The highest BCUT2D eigenvalue weighted by Gasteiger charge is 2.05. The van der Waals surface area contributed by atoms with Crippen LogP contribution in [0.2, 0.25) is 0 Å². The second-order valence-electron chi connectivity index (χ2n) is 2.00. The van der Waals surface area contributed by atoms with Crippen LogP contribution in [0.5, 0.6) is 0 Å². The van der Waals surface area contributed by atoms with E-state index in [0.717, 1.165) is 0 Å². The van der Waals surface area contributed by atoms with Crippen molar-refractivity contribution >= 4 is 5.78 Å². The zero-order valence-electron chi connectivity index (χ0n) is 5.91. The van der Waals surface area contributed by atoms with Crippen LogP contribution in [0.1, 0.15) is 6.92 Å². The Morgan fingerprint density at radius 2 is 2.00 bits per heavy atom. The summed E-state index contributed by atoms with van der Waals surface area (Å²) in [5.74, 6) is -0.119. The van der Waals surface area contributed by atoms with E-state index in [1.165, 1.54) is 6.92 Å². The van der Waals surface area contributed by atoms with Gasteiger partial charge in [-0.1, -0.05) is 0 Å². The molecule has 0 rings (SSSR count). The quantitative estimate of drug-likeness (QED) is 0.522. The van der Waals surface area contributed by atoms with Gasteiger partial charge in [-0.2, -0.15) is 0 Å². The monoisotopic (exact) mass is 148 g/mol. The van der Waals surface area contributed by atoms with Crippen LogP contribution >= 0.6 is 0 Å². The maximum Gasteiger partial charge on any atom is 0.155 e. The fraction of sp³-hybridized carbons (Fsp3) is 0.833. The first-order valence-electron chi connectivity index (χ1n) is 3.03. The highest BCUT2D eigenvalue weighted by Crippen LogP contribution is 1.88. The third-order valence-corrected chi connectivity index (χ3v) is 0.930. The molecule has 0 bridgehead atoms. The van der Waals surface area contributed by atoms with E-state index < -0.39 is 6.10 Å². The van der Waals surface area contributed by atoms with Gasteiger partial charge >= 0.3 is 0 Å². The number of rotatable bonds is 5. The summed E-state index contributed by atoms with van der Waals surface area (Å²) < 4.78 is 4.75. The number of hydrogen-bond donors (Lipinski definition) is 2. The van der Waals surface area contributed by atoms with Crippen LogP contribution in [0.25, 0.3) is 0 Å². The maximum atomic E-state index is 10.3. The highest BCUT2D eigenvalue weighted by molar-refractivity contribution is 5.76. The van der Waals surface area contributed by atoms with Gasteiger partial charge in [0, 0.05) is 0 Å². The Bertz CT molecular complexity index is 97.9. The Balaban J connectivity index is 3.34. The Labute approximate surface area is 59.4 Å². The second kappa shape index (κ2) is 5.34. The average Bonchev–Trinajstić information content (AvgIpc) is 1.90. The maximum absolute atomic E-state index is 10.3. The van der Waals surface area contributed by atoms with Gasteiger partial charge in [0.05, 0.1) is 13.2 Å². The second-order valence-corrected chi connectivity index (χ2v) is 2.00. The third kappa shape index (κ3) is 4.43. The van der Waals surface area contributed by atoms with Crippen LogP contribution in [-0.2, 0) is 9.53 Å². The van der Waals surface area contributed by atoms with E-state index >= 15 is 0 Å². The molecule has 0 fully saturated rings. The van der Waals surface area contributed by atoms with Crippen molar-refractivity contribution in [3.63, 3.8) is 0 Å². The first kappa shape index (κ1) is 9.55. The Kier molecular flexibility index (Phi) is 5.10. The first-order valence-corrected chi connectivity index (χ1v) is 3.03. The smallest absolute Gasteiger partial charge is 0.155 e. The summed E-state index contributed by atoms with van der Waals surface area (Å²) in [7, 11) is 0. The zero-order chi connectivity index (χ0) is 7.98. The molecular weight excluding hydrogens is 136 g/mol. The predicted octanol–water partition coefficient (Wildman–Crippen LogP) is -1.05. The van der Waals surface area contributed by atoms with Gasteiger partial charge in [-0.05, 0) is 6.92 Å². The van der Waals surface area contributed by atoms with Crippen LogP contribution in [-0.4, -0.2) is 41.9 Å². The van der Waals surface area contributed by atoms with E-state index in [-0.39, 0.29) is 25.6 Å². The van der Waals surface area contributed by atoms with Gasteiger partial charge in [-0.25, -0.2) is 0 Å². The lowest BCUT2D eigenvalue weighted by atomic mass is 10.4. The van der Waals surface area contributed by atoms with E-state index in [4.69, 9.17) is 14.9 Å². The van der Waals surface area contributed by atoms with Crippen molar-refractivity contribution in [1.29, 1.82) is 0 Å². The van der Waals surface area contributed by atoms with Crippen LogP contribution in [0, 0.1) is 0 Å². The number of carbonyl (C=O) groups excluding carboxylic acids is 1. The molecule has 0 unspecified atom stereocenters. The van der Waals surface area contributed by atoms with E-state index in [1.54, 1.807) is 0 Å². The van der Waals surface area contributed by atoms with Crippen LogP contribution < -0.4 is 0 Å². The van der Waals surface area contributed by atoms with Gasteiger partial charge < -0.3 is 14.9 Å².